The maximum atomic E-state index is 13.1. The molecule has 2 aliphatic rings. The highest BCUT2D eigenvalue weighted by molar-refractivity contribution is 5.87. The summed E-state index contributed by atoms with van der Waals surface area (Å²) in [6.45, 7) is 4.24. The van der Waals surface area contributed by atoms with Crippen LogP contribution in [0.15, 0.2) is 91.0 Å². The number of fused-ring (bicyclic) bond motifs is 2. The Bertz CT molecular complexity index is 1090. The van der Waals surface area contributed by atoms with Gasteiger partial charge in [-0.15, -0.1) is 0 Å². The molecule has 1 saturated heterocycles. The maximum absolute atomic E-state index is 13.1. The van der Waals surface area contributed by atoms with Crippen LogP contribution in [0, 0.1) is 0 Å². The Hall–Kier alpha value is -3.17. The number of unbranched alkanes of at least 4 members (excludes halogenated alkanes) is 2. The van der Waals surface area contributed by atoms with E-state index in [9.17, 15) is 4.79 Å². The Balaban J connectivity index is 1.04. The van der Waals surface area contributed by atoms with Gasteiger partial charge in [-0.2, -0.15) is 0 Å². The Labute approximate surface area is 209 Å². The molecule has 0 bridgehead atoms. The van der Waals surface area contributed by atoms with Crippen molar-refractivity contribution in [2.75, 3.05) is 26.2 Å². The summed E-state index contributed by atoms with van der Waals surface area (Å²) in [5, 5.41) is 3.20. The summed E-state index contributed by atoms with van der Waals surface area (Å²) in [6, 6.07) is 29.1. The highest BCUT2D eigenvalue weighted by Crippen LogP contribution is 2.43. The quantitative estimate of drug-likeness (QED) is 0.384. The lowest BCUT2D eigenvalue weighted by Crippen LogP contribution is -2.41. The second kappa shape index (κ2) is 11.0. The molecule has 1 aliphatic heterocycles. The molecule has 5 rings (SSSR count). The molecule has 3 heteroatoms. The third kappa shape index (κ3) is 5.41. The van der Waals surface area contributed by atoms with Gasteiger partial charge in [0.1, 0.15) is 0 Å². The lowest BCUT2D eigenvalue weighted by Gasteiger charge is -2.39. The van der Waals surface area contributed by atoms with Gasteiger partial charge in [0, 0.05) is 12.0 Å². The normalized spacial score (nSPS) is 16.5. The summed E-state index contributed by atoms with van der Waals surface area (Å²) in [5.74, 6) is -0.165. The molecule has 1 fully saturated rings. The molecule has 1 spiro atoms. The van der Waals surface area contributed by atoms with Gasteiger partial charge in [0.05, 0.1) is 5.92 Å². The fourth-order valence-corrected chi connectivity index (χ4v) is 5.78. The van der Waals surface area contributed by atoms with Gasteiger partial charge in [0.2, 0.25) is 5.91 Å². The van der Waals surface area contributed by atoms with E-state index >= 15 is 0 Å². The number of amides is 1. The molecule has 3 aromatic rings. The van der Waals surface area contributed by atoms with E-state index in [0.29, 0.717) is 0 Å². The zero-order valence-electron chi connectivity index (χ0n) is 20.5. The summed E-state index contributed by atoms with van der Waals surface area (Å²) in [5.41, 5.74) is 5.29. The van der Waals surface area contributed by atoms with E-state index in [0.717, 1.165) is 37.1 Å². The first kappa shape index (κ1) is 23.6. The molecule has 0 radical (unpaired) electrons. The van der Waals surface area contributed by atoms with Gasteiger partial charge in [0.15, 0.2) is 0 Å². The van der Waals surface area contributed by atoms with E-state index in [-0.39, 0.29) is 17.2 Å². The van der Waals surface area contributed by atoms with Crippen LogP contribution in [0.1, 0.15) is 60.3 Å². The molecule has 0 unspecified atom stereocenters. The average Bonchev–Trinajstić information content (AvgIpc) is 3.27. The topological polar surface area (TPSA) is 32.3 Å². The maximum Gasteiger partial charge on any atom is 0.232 e. The predicted octanol–water partition coefficient (Wildman–Crippen LogP) is 6.17. The average molecular weight is 465 g/mol. The monoisotopic (exact) mass is 464 g/mol. The molecule has 0 saturated carbocycles. The number of carbonyl (C=O) groups excluding carboxylic acids is 1. The summed E-state index contributed by atoms with van der Waals surface area (Å²) in [6.07, 6.45) is 10.6. The number of allylic oxidation sites excluding steroid dienone is 1. The summed E-state index contributed by atoms with van der Waals surface area (Å²) < 4.78 is 0. The van der Waals surface area contributed by atoms with Crippen LogP contribution in [-0.4, -0.2) is 37.0 Å². The SMILES string of the molecule is O=C(NCCCCCN1CCC2(C=Cc3ccccc32)CC1)C(c1ccccc1)c1ccccc1. The zero-order chi connectivity index (χ0) is 23.9. The van der Waals surface area contributed by atoms with Crippen molar-refractivity contribution in [3.63, 3.8) is 0 Å². The van der Waals surface area contributed by atoms with Gasteiger partial charge in [-0.1, -0.05) is 104 Å². The molecule has 1 heterocycles. The van der Waals surface area contributed by atoms with Gasteiger partial charge in [-0.25, -0.2) is 0 Å². The summed E-state index contributed by atoms with van der Waals surface area (Å²) >= 11 is 0. The molecule has 0 atom stereocenters. The van der Waals surface area contributed by atoms with Crippen LogP contribution in [0.4, 0.5) is 0 Å². The first-order valence-corrected chi connectivity index (χ1v) is 13.1. The van der Waals surface area contributed by atoms with E-state index in [4.69, 9.17) is 0 Å². The number of nitrogens with zero attached hydrogens (tertiary/aromatic N) is 1. The van der Waals surface area contributed by atoms with Crippen molar-refractivity contribution in [1.82, 2.24) is 10.2 Å². The summed E-state index contributed by atoms with van der Waals surface area (Å²) in [4.78, 5) is 15.7. The van der Waals surface area contributed by atoms with Crippen LogP contribution < -0.4 is 5.32 Å². The van der Waals surface area contributed by atoms with Crippen LogP contribution in [0.2, 0.25) is 0 Å². The molecular weight excluding hydrogens is 428 g/mol. The third-order valence-electron chi connectivity index (χ3n) is 7.81. The van der Waals surface area contributed by atoms with Crippen molar-refractivity contribution >= 4 is 12.0 Å². The van der Waals surface area contributed by atoms with Crippen molar-refractivity contribution in [1.29, 1.82) is 0 Å². The van der Waals surface area contributed by atoms with E-state index in [1.54, 1.807) is 0 Å². The summed E-state index contributed by atoms with van der Waals surface area (Å²) in [7, 11) is 0. The van der Waals surface area contributed by atoms with E-state index in [1.165, 1.54) is 43.5 Å². The third-order valence-corrected chi connectivity index (χ3v) is 7.81. The number of carbonyl (C=O) groups is 1. The van der Waals surface area contributed by atoms with Crippen LogP contribution >= 0.6 is 0 Å². The molecule has 3 nitrogen and oxygen atoms in total. The fourth-order valence-electron chi connectivity index (χ4n) is 5.78. The number of rotatable bonds is 9. The van der Waals surface area contributed by atoms with Crippen molar-refractivity contribution in [3.8, 4) is 0 Å². The van der Waals surface area contributed by atoms with Gasteiger partial charge in [-0.05, 0) is 67.6 Å². The molecule has 0 aromatic heterocycles. The Morgan fingerprint density at radius 3 is 2.11 bits per heavy atom. The van der Waals surface area contributed by atoms with Crippen LogP contribution in [0.25, 0.3) is 6.08 Å². The number of hydrogen-bond acceptors (Lipinski definition) is 2. The lowest BCUT2D eigenvalue weighted by atomic mass is 9.74. The first-order chi connectivity index (χ1) is 17.3. The minimum Gasteiger partial charge on any atom is -0.355 e. The lowest BCUT2D eigenvalue weighted by molar-refractivity contribution is -0.121. The number of likely N-dealkylation sites (tertiary alicyclic amines) is 1. The highest BCUT2D eigenvalue weighted by atomic mass is 16.1. The van der Waals surface area contributed by atoms with Crippen LogP contribution in [0.5, 0.6) is 0 Å². The smallest absolute Gasteiger partial charge is 0.232 e. The van der Waals surface area contributed by atoms with E-state index in [2.05, 4.69) is 46.6 Å². The Morgan fingerprint density at radius 1 is 0.800 bits per heavy atom. The molecule has 1 amide bonds. The van der Waals surface area contributed by atoms with Gasteiger partial charge in [-0.3, -0.25) is 4.79 Å². The van der Waals surface area contributed by atoms with E-state index in [1.807, 2.05) is 60.7 Å². The Kier molecular flexibility index (Phi) is 7.44. The fraction of sp³-hybridized carbons (Fsp3) is 0.344. The zero-order valence-corrected chi connectivity index (χ0v) is 20.5. The van der Waals surface area contributed by atoms with Gasteiger partial charge >= 0.3 is 0 Å². The molecule has 3 aromatic carbocycles. The van der Waals surface area contributed by atoms with Crippen LogP contribution in [0.3, 0.4) is 0 Å². The van der Waals surface area contributed by atoms with Gasteiger partial charge in [0.25, 0.3) is 0 Å². The van der Waals surface area contributed by atoms with Crippen LogP contribution in [-0.2, 0) is 10.2 Å². The van der Waals surface area contributed by atoms with Crippen molar-refractivity contribution in [3.05, 3.63) is 113 Å². The minimum atomic E-state index is -0.257. The van der Waals surface area contributed by atoms with E-state index < -0.39 is 0 Å². The van der Waals surface area contributed by atoms with Crippen molar-refractivity contribution in [2.45, 2.75) is 43.4 Å². The molecule has 35 heavy (non-hydrogen) atoms. The first-order valence-electron chi connectivity index (χ1n) is 13.1. The molecule has 1 aliphatic carbocycles. The number of nitrogens with one attached hydrogen (secondary N) is 1. The molecule has 180 valence electrons. The Morgan fingerprint density at radius 2 is 1.43 bits per heavy atom. The largest absolute Gasteiger partial charge is 0.355 e. The number of hydrogen-bond donors (Lipinski definition) is 1. The second-order valence-corrected chi connectivity index (χ2v) is 10.0. The predicted molar refractivity (Wildman–Crippen MR) is 144 cm³/mol. The second-order valence-electron chi connectivity index (χ2n) is 10.0. The number of piperidine rings is 1. The number of benzene rings is 3. The highest BCUT2D eigenvalue weighted by Gasteiger charge is 2.37. The van der Waals surface area contributed by atoms with Crippen molar-refractivity contribution in [2.24, 2.45) is 0 Å². The standard InChI is InChI=1S/C32H36N2O/c35-31(30(27-13-4-1-5-14-27)28-15-6-2-7-16-28)33-22-10-3-11-23-34-24-20-32(21-25-34)19-18-26-12-8-9-17-29(26)32/h1-2,4-9,12-19,30H,3,10-11,20-25H2,(H,33,35). The van der Waals surface area contributed by atoms with Crippen molar-refractivity contribution < 1.29 is 4.79 Å². The minimum absolute atomic E-state index is 0.0913. The molecular formula is C32H36N2O. The van der Waals surface area contributed by atoms with Gasteiger partial charge < -0.3 is 10.2 Å². The molecule has 1 N–H and O–H groups in total.